The number of hydrogen-bond acceptors (Lipinski definition) is 4. The molecule has 3 aromatic rings. The molecule has 160 valence electrons. The van der Waals surface area contributed by atoms with Gasteiger partial charge in [-0.15, -0.1) is 0 Å². The van der Waals surface area contributed by atoms with Gasteiger partial charge in [-0.2, -0.15) is 5.10 Å². The molecule has 1 saturated heterocycles. The van der Waals surface area contributed by atoms with Crippen molar-refractivity contribution >= 4 is 22.5 Å². The van der Waals surface area contributed by atoms with Gasteiger partial charge in [-0.3, -0.25) is 9.59 Å². The number of nitrogens with zero attached hydrogens (tertiary/aromatic N) is 4. The molecular weight excluding hydrogens is 378 g/mol. The number of carbonyl (C=O) groups excluding carboxylic acids is 1. The molecule has 0 spiro atoms. The highest BCUT2D eigenvalue weighted by atomic mass is 16.2. The number of amides is 1. The molecular formula is C23H31N5O2. The number of fused-ring (bicyclic) bond motifs is 3. The largest absolute Gasteiger partial charge is 0.351 e. The van der Waals surface area contributed by atoms with Crippen LogP contribution in [-0.2, 0) is 6.54 Å². The van der Waals surface area contributed by atoms with Crippen LogP contribution in [0.15, 0.2) is 35.1 Å². The minimum Gasteiger partial charge on any atom is -0.351 e. The molecule has 1 aromatic carbocycles. The summed E-state index contributed by atoms with van der Waals surface area (Å²) in [6.45, 7) is 9.91. The summed E-state index contributed by atoms with van der Waals surface area (Å²) in [7, 11) is 0. The van der Waals surface area contributed by atoms with Crippen LogP contribution in [0.2, 0.25) is 0 Å². The van der Waals surface area contributed by atoms with E-state index in [0.29, 0.717) is 30.6 Å². The maximum Gasteiger partial charge on any atom is 0.277 e. The van der Waals surface area contributed by atoms with Gasteiger partial charge in [0, 0.05) is 25.2 Å². The Kier molecular flexibility index (Phi) is 5.90. The SMILES string of the molecule is CC(C)Cn1c(=O)c2cc(C(=O)NCCC(C)N3CCCC3)nn2c2ccccc21. The van der Waals surface area contributed by atoms with E-state index in [1.54, 1.807) is 15.1 Å². The maximum absolute atomic E-state index is 13.1. The molecule has 30 heavy (non-hydrogen) atoms. The first kappa shape index (κ1) is 20.6. The Hall–Kier alpha value is -2.67. The van der Waals surface area contributed by atoms with E-state index in [2.05, 4.69) is 36.1 Å². The van der Waals surface area contributed by atoms with Crippen LogP contribution in [0.3, 0.4) is 0 Å². The van der Waals surface area contributed by atoms with Crippen molar-refractivity contribution < 1.29 is 4.79 Å². The highest BCUT2D eigenvalue weighted by molar-refractivity contribution is 5.94. The van der Waals surface area contributed by atoms with Crippen LogP contribution in [0.1, 0.15) is 50.5 Å². The lowest BCUT2D eigenvalue weighted by Gasteiger charge is -2.23. The highest BCUT2D eigenvalue weighted by Crippen LogP contribution is 2.17. The van der Waals surface area contributed by atoms with E-state index in [-0.39, 0.29) is 17.2 Å². The fourth-order valence-electron chi connectivity index (χ4n) is 4.34. The van der Waals surface area contributed by atoms with Gasteiger partial charge in [0.05, 0.1) is 11.0 Å². The summed E-state index contributed by atoms with van der Waals surface area (Å²) in [5, 5.41) is 7.46. The number of benzene rings is 1. The van der Waals surface area contributed by atoms with E-state index in [1.807, 2.05) is 24.3 Å². The van der Waals surface area contributed by atoms with Crippen molar-refractivity contribution in [2.75, 3.05) is 19.6 Å². The lowest BCUT2D eigenvalue weighted by molar-refractivity contribution is 0.0944. The molecule has 4 rings (SSSR count). The van der Waals surface area contributed by atoms with Crippen LogP contribution in [0.4, 0.5) is 0 Å². The zero-order valence-electron chi connectivity index (χ0n) is 18.1. The van der Waals surface area contributed by atoms with Crippen molar-refractivity contribution in [3.05, 3.63) is 46.4 Å². The molecule has 0 bridgehead atoms. The number of rotatable bonds is 7. The molecule has 0 radical (unpaired) electrons. The molecule has 1 unspecified atom stereocenters. The lowest BCUT2D eigenvalue weighted by Crippen LogP contribution is -2.34. The van der Waals surface area contributed by atoms with Gasteiger partial charge in [0.25, 0.3) is 11.5 Å². The molecule has 1 atom stereocenters. The Morgan fingerprint density at radius 1 is 1.10 bits per heavy atom. The van der Waals surface area contributed by atoms with Gasteiger partial charge < -0.3 is 14.8 Å². The molecule has 1 aliphatic heterocycles. The van der Waals surface area contributed by atoms with E-state index in [1.165, 1.54) is 12.8 Å². The van der Waals surface area contributed by atoms with Crippen LogP contribution in [0, 0.1) is 5.92 Å². The molecule has 1 fully saturated rings. The van der Waals surface area contributed by atoms with Crippen LogP contribution >= 0.6 is 0 Å². The Labute approximate surface area is 176 Å². The first-order valence-electron chi connectivity index (χ1n) is 11.0. The van der Waals surface area contributed by atoms with Gasteiger partial charge in [-0.05, 0) is 57.3 Å². The number of aromatic nitrogens is 3. The fourth-order valence-corrected chi connectivity index (χ4v) is 4.34. The van der Waals surface area contributed by atoms with E-state index >= 15 is 0 Å². The van der Waals surface area contributed by atoms with Gasteiger partial charge in [0.2, 0.25) is 0 Å². The molecule has 2 aromatic heterocycles. The topological polar surface area (TPSA) is 71.6 Å². The Bertz CT molecular complexity index is 1110. The van der Waals surface area contributed by atoms with Crippen molar-refractivity contribution in [2.45, 2.75) is 52.6 Å². The monoisotopic (exact) mass is 409 g/mol. The quantitative estimate of drug-likeness (QED) is 0.651. The third kappa shape index (κ3) is 3.99. The summed E-state index contributed by atoms with van der Waals surface area (Å²) in [5.41, 5.74) is 2.27. The minimum atomic E-state index is -0.230. The number of nitrogens with one attached hydrogen (secondary N) is 1. The predicted molar refractivity (Wildman–Crippen MR) is 119 cm³/mol. The van der Waals surface area contributed by atoms with Crippen molar-refractivity contribution in [3.63, 3.8) is 0 Å². The second kappa shape index (κ2) is 8.60. The van der Waals surface area contributed by atoms with Gasteiger partial charge in [-0.25, -0.2) is 4.52 Å². The number of para-hydroxylation sites is 2. The third-order valence-electron chi connectivity index (χ3n) is 5.97. The van der Waals surface area contributed by atoms with Crippen LogP contribution in [-0.4, -0.2) is 50.7 Å². The van der Waals surface area contributed by atoms with E-state index in [9.17, 15) is 9.59 Å². The first-order chi connectivity index (χ1) is 14.5. The smallest absolute Gasteiger partial charge is 0.277 e. The zero-order valence-corrected chi connectivity index (χ0v) is 18.1. The van der Waals surface area contributed by atoms with Crippen LogP contribution in [0.5, 0.6) is 0 Å². The number of hydrogen-bond donors (Lipinski definition) is 1. The van der Waals surface area contributed by atoms with Crippen molar-refractivity contribution in [2.24, 2.45) is 5.92 Å². The second-order valence-corrected chi connectivity index (χ2v) is 8.76. The second-order valence-electron chi connectivity index (χ2n) is 8.76. The summed E-state index contributed by atoms with van der Waals surface area (Å²) in [5.74, 6) is 0.100. The van der Waals surface area contributed by atoms with Crippen molar-refractivity contribution in [1.29, 1.82) is 0 Å². The number of carbonyl (C=O) groups is 1. The molecule has 0 aliphatic carbocycles. The van der Waals surface area contributed by atoms with E-state index < -0.39 is 0 Å². The molecule has 0 saturated carbocycles. The predicted octanol–water partition coefficient (Wildman–Crippen LogP) is 2.91. The summed E-state index contributed by atoms with van der Waals surface area (Å²) in [4.78, 5) is 28.3. The zero-order chi connectivity index (χ0) is 21.3. The highest BCUT2D eigenvalue weighted by Gasteiger charge is 2.20. The van der Waals surface area contributed by atoms with Gasteiger partial charge >= 0.3 is 0 Å². The normalized spacial score (nSPS) is 16.0. The number of likely N-dealkylation sites (tertiary alicyclic amines) is 1. The van der Waals surface area contributed by atoms with Crippen molar-refractivity contribution in [3.8, 4) is 0 Å². The Morgan fingerprint density at radius 2 is 1.80 bits per heavy atom. The van der Waals surface area contributed by atoms with E-state index in [0.717, 1.165) is 30.5 Å². The minimum absolute atomic E-state index is 0.114. The third-order valence-corrected chi connectivity index (χ3v) is 5.97. The van der Waals surface area contributed by atoms with Crippen LogP contribution in [0.25, 0.3) is 16.6 Å². The molecule has 1 amide bonds. The molecule has 3 heterocycles. The van der Waals surface area contributed by atoms with Gasteiger partial charge in [0.15, 0.2) is 5.69 Å². The van der Waals surface area contributed by atoms with Crippen LogP contribution < -0.4 is 10.9 Å². The Morgan fingerprint density at radius 3 is 2.50 bits per heavy atom. The molecule has 7 heteroatoms. The summed E-state index contributed by atoms with van der Waals surface area (Å²) in [6, 6.07) is 9.78. The van der Waals surface area contributed by atoms with Gasteiger partial charge in [0.1, 0.15) is 5.52 Å². The van der Waals surface area contributed by atoms with Crippen molar-refractivity contribution in [1.82, 2.24) is 24.4 Å². The summed E-state index contributed by atoms with van der Waals surface area (Å²) >= 11 is 0. The standard InChI is InChI=1S/C23H31N5O2/c1-16(2)15-27-19-8-4-5-9-20(19)28-21(23(27)30)14-18(25-28)22(29)24-11-10-17(3)26-12-6-7-13-26/h4-5,8-9,14,16-17H,6-7,10-13,15H2,1-3H3,(H,24,29). The summed E-state index contributed by atoms with van der Waals surface area (Å²) < 4.78 is 3.40. The molecule has 7 nitrogen and oxygen atoms in total. The fraction of sp³-hybridized carbons (Fsp3) is 0.522. The molecule has 1 N–H and O–H groups in total. The first-order valence-corrected chi connectivity index (χ1v) is 11.0. The Balaban J connectivity index is 1.58. The van der Waals surface area contributed by atoms with Gasteiger partial charge in [-0.1, -0.05) is 26.0 Å². The lowest BCUT2D eigenvalue weighted by atomic mass is 10.2. The maximum atomic E-state index is 13.1. The average molecular weight is 410 g/mol. The average Bonchev–Trinajstić information content (AvgIpc) is 3.41. The molecule has 1 aliphatic rings. The van der Waals surface area contributed by atoms with E-state index in [4.69, 9.17) is 0 Å². The summed E-state index contributed by atoms with van der Waals surface area (Å²) in [6.07, 6.45) is 3.43.